The molecule has 0 heterocycles. The molecule has 27 heavy (non-hydrogen) atoms. The lowest BCUT2D eigenvalue weighted by atomic mass is 9.91. The van der Waals surface area contributed by atoms with Gasteiger partial charge in [-0.2, -0.15) is 0 Å². The van der Waals surface area contributed by atoms with Crippen LogP contribution in [0.25, 0.3) is 0 Å². The summed E-state index contributed by atoms with van der Waals surface area (Å²) in [6.07, 6.45) is 4.83. The second-order valence-corrected chi connectivity index (χ2v) is 6.55. The molecule has 0 N–H and O–H groups in total. The smallest absolute Gasteiger partial charge is 0.164 e. The van der Waals surface area contributed by atoms with Gasteiger partial charge < -0.3 is 18.9 Å². The molecule has 0 spiro atoms. The number of hydrogen-bond acceptors (Lipinski definition) is 4. The number of hydrogen-bond donors (Lipinski definition) is 0. The quantitative estimate of drug-likeness (QED) is 0.573. The minimum Gasteiger partial charge on any atom is -0.493 e. The zero-order chi connectivity index (χ0) is 19.8. The Balaban J connectivity index is 2.67. The van der Waals surface area contributed by atoms with Crippen molar-refractivity contribution >= 4 is 0 Å². The summed E-state index contributed by atoms with van der Waals surface area (Å²) in [5.74, 6) is 3.11. The van der Waals surface area contributed by atoms with E-state index >= 15 is 0 Å². The van der Waals surface area contributed by atoms with Crippen LogP contribution in [-0.4, -0.2) is 28.4 Å². The maximum Gasteiger partial charge on any atom is 0.164 e. The Morgan fingerprint density at radius 1 is 0.593 bits per heavy atom. The van der Waals surface area contributed by atoms with E-state index in [0.29, 0.717) is 6.42 Å². The van der Waals surface area contributed by atoms with Gasteiger partial charge in [-0.15, -0.1) is 0 Å². The Morgan fingerprint density at radius 2 is 1.00 bits per heavy atom. The Labute approximate surface area is 163 Å². The highest BCUT2D eigenvalue weighted by Crippen LogP contribution is 2.40. The van der Waals surface area contributed by atoms with E-state index in [1.807, 2.05) is 12.1 Å². The number of aryl methyl sites for hydroxylation is 2. The molecule has 4 nitrogen and oxygen atoms in total. The third kappa shape index (κ3) is 4.49. The lowest BCUT2D eigenvalue weighted by Gasteiger charge is -2.21. The third-order valence-corrected chi connectivity index (χ3v) is 4.88. The fourth-order valence-electron chi connectivity index (χ4n) is 3.63. The zero-order valence-corrected chi connectivity index (χ0v) is 17.5. The van der Waals surface area contributed by atoms with E-state index in [-0.39, 0.29) is 0 Å². The summed E-state index contributed by atoms with van der Waals surface area (Å²) in [5.41, 5.74) is 4.87. The van der Waals surface area contributed by atoms with E-state index in [1.54, 1.807) is 28.4 Å². The Morgan fingerprint density at radius 3 is 1.30 bits per heavy atom. The summed E-state index contributed by atoms with van der Waals surface area (Å²) in [6, 6.07) is 8.27. The van der Waals surface area contributed by atoms with Gasteiger partial charge >= 0.3 is 0 Å². The summed E-state index contributed by atoms with van der Waals surface area (Å²) in [7, 11) is 6.76. The number of methoxy groups -OCH3 is 4. The molecule has 0 atom stereocenters. The van der Waals surface area contributed by atoms with Crippen molar-refractivity contribution in [2.75, 3.05) is 28.4 Å². The van der Waals surface area contributed by atoms with Crippen LogP contribution in [0.5, 0.6) is 23.0 Å². The summed E-state index contributed by atoms with van der Waals surface area (Å²) >= 11 is 0. The van der Waals surface area contributed by atoms with Gasteiger partial charge in [-0.05, 0) is 36.1 Å². The van der Waals surface area contributed by atoms with Crippen LogP contribution >= 0.6 is 0 Å². The van der Waals surface area contributed by atoms with Crippen LogP contribution in [0, 0.1) is 0 Å². The highest BCUT2D eigenvalue weighted by Gasteiger charge is 2.21. The van der Waals surface area contributed by atoms with Crippen molar-refractivity contribution in [3.8, 4) is 23.0 Å². The largest absolute Gasteiger partial charge is 0.493 e. The highest BCUT2D eigenvalue weighted by molar-refractivity contribution is 5.58. The van der Waals surface area contributed by atoms with Gasteiger partial charge in [0.15, 0.2) is 23.0 Å². The summed E-state index contributed by atoms with van der Waals surface area (Å²) in [5, 5.41) is 0. The molecule has 0 unspecified atom stereocenters. The fraction of sp³-hybridized carbons (Fsp3) is 0.478. The van der Waals surface area contributed by atoms with Crippen molar-refractivity contribution in [1.82, 2.24) is 0 Å². The Kier molecular flexibility index (Phi) is 7.83. The molecule has 0 aliphatic rings. The van der Waals surface area contributed by atoms with Gasteiger partial charge in [0, 0.05) is 17.5 Å². The van der Waals surface area contributed by atoms with E-state index in [1.165, 1.54) is 11.1 Å². The van der Waals surface area contributed by atoms with E-state index in [2.05, 4.69) is 26.0 Å². The van der Waals surface area contributed by atoms with Crippen LogP contribution in [-0.2, 0) is 19.3 Å². The molecule has 0 saturated heterocycles. The number of ether oxygens (including phenoxy) is 4. The number of benzene rings is 2. The first kappa shape index (κ1) is 20.9. The van der Waals surface area contributed by atoms with Gasteiger partial charge in [-0.3, -0.25) is 0 Å². The second-order valence-electron chi connectivity index (χ2n) is 6.55. The predicted molar refractivity (Wildman–Crippen MR) is 110 cm³/mol. The van der Waals surface area contributed by atoms with E-state index < -0.39 is 0 Å². The van der Waals surface area contributed by atoms with Gasteiger partial charge in [0.25, 0.3) is 0 Å². The maximum absolute atomic E-state index is 5.76. The molecule has 0 aliphatic heterocycles. The lowest BCUT2D eigenvalue weighted by Crippen LogP contribution is -2.06. The Hall–Kier alpha value is -2.36. The van der Waals surface area contributed by atoms with Crippen molar-refractivity contribution in [3.63, 3.8) is 0 Å². The lowest BCUT2D eigenvalue weighted by molar-refractivity contribution is 0.348. The first-order valence-corrected chi connectivity index (χ1v) is 9.60. The molecule has 0 amide bonds. The molecule has 4 heteroatoms. The molecule has 0 aliphatic carbocycles. The standard InChI is InChI=1S/C23H32O4/c1-7-9-16-11-13-20(24-3)22(26-5)18(16)15-19-17(10-8-2)12-14-21(25-4)23(19)27-6/h11-14H,7-10,15H2,1-6H3. The van der Waals surface area contributed by atoms with Crippen molar-refractivity contribution in [2.24, 2.45) is 0 Å². The van der Waals surface area contributed by atoms with E-state index in [0.717, 1.165) is 59.8 Å². The predicted octanol–water partition coefficient (Wildman–Crippen LogP) is 5.22. The van der Waals surface area contributed by atoms with Crippen molar-refractivity contribution in [3.05, 3.63) is 46.5 Å². The average molecular weight is 373 g/mol. The minimum atomic E-state index is 0.714. The molecular weight excluding hydrogens is 340 g/mol. The van der Waals surface area contributed by atoms with Crippen molar-refractivity contribution in [2.45, 2.75) is 46.0 Å². The number of rotatable bonds is 10. The summed E-state index contributed by atoms with van der Waals surface area (Å²) in [4.78, 5) is 0. The van der Waals surface area contributed by atoms with Crippen molar-refractivity contribution in [1.29, 1.82) is 0 Å². The second kappa shape index (κ2) is 10.1. The summed E-state index contributed by atoms with van der Waals surface area (Å²) < 4.78 is 22.6. The molecular formula is C23H32O4. The topological polar surface area (TPSA) is 36.9 Å². The Bertz CT molecular complexity index is 689. The van der Waals surface area contributed by atoms with Crippen molar-refractivity contribution < 1.29 is 18.9 Å². The van der Waals surface area contributed by atoms with E-state index in [4.69, 9.17) is 18.9 Å². The van der Waals surface area contributed by atoms with Gasteiger partial charge in [0.05, 0.1) is 28.4 Å². The summed E-state index contributed by atoms with van der Waals surface area (Å²) in [6.45, 7) is 4.38. The van der Waals surface area contributed by atoms with Gasteiger partial charge in [0.2, 0.25) is 0 Å². The van der Waals surface area contributed by atoms with Gasteiger partial charge in [0.1, 0.15) is 0 Å². The third-order valence-electron chi connectivity index (χ3n) is 4.88. The minimum absolute atomic E-state index is 0.714. The SMILES string of the molecule is CCCc1ccc(OC)c(OC)c1Cc1c(CCC)ccc(OC)c1OC. The molecule has 148 valence electrons. The molecule has 0 saturated carbocycles. The molecule has 0 radical (unpaired) electrons. The van der Waals surface area contributed by atoms with Crippen LogP contribution in [0.3, 0.4) is 0 Å². The van der Waals surface area contributed by atoms with Crippen LogP contribution in [0.15, 0.2) is 24.3 Å². The zero-order valence-electron chi connectivity index (χ0n) is 17.5. The average Bonchev–Trinajstić information content (AvgIpc) is 2.69. The van der Waals surface area contributed by atoms with Crippen LogP contribution in [0.4, 0.5) is 0 Å². The van der Waals surface area contributed by atoms with Crippen LogP contribution in [0.2, 0.25) is 0 Å². The monoisotopic (exact) mass is 372 g/mol. The van der Waals surface area contributed by atoms with Gasteiger partial charge in [-0.1, -0.05) is 38.8 Å². The van der Waals surface area contributed by atoms with Crippen LogP contribution in [0.1, 0.15) is 48.9 Å². The van der Waals surface area contributed by atoms with Crippen LogP contribution < -0.4 is 18.9 Å². The first-order chi connectivity index (χ1) is 13.1. The molecule has 0 fully saturated rings. The molecule has 0 bridgehead atoms. The maximum atomic E-state index is 5.76. The normalized spacial score (nSPS) is 10.6. The van der Waals surface area contributed by atoms with E-state index in [9.17, 15) is 0 Å². The molecule has 2 aromatic carbocycles. The molecule has 0 aromatic heterocycles. The van der Waals surface area contributed by atoms with Gasteiger partial charge in [-0.25, -0.2) is 0 Å². The first-order valence-electron chi connectivity index (χ1n) is 9.60. The molecule has 2 aromatic rings. The fourth-order valence-corrected chi connectivity index (χ4v) is 3.63. The molecule has 2 rings (SSSR count). The highest BCUT2D eigenvalue weighted by atomic mass is 16.5.